The summed E-state index contributed by atoms with van der Waals surface area (Å²) >= 11 is 2.36. The molecule has 1 fully saturated rings. The van der Waals surface area contributed by atoms with Crippen molar-refractivity contribution in [1.82, 2.24) is 14.5 Å². The number of carbonyl (C=O) groups is 2. The quantitative estimate of drug-likeness (QED) is 0.419. The van der Waals surface area contributed by atoms with Gasteiger partial charge >= 0.3 is 5.97 Å². The number of anilines is 1. The average Bonchev–Trinajstić information content (AvgIpc) is 2.99. The van der Waals surface area contributed by atoms with E-state index in [0.717, 1.165) is 0 Å². The van der Waals surface area contributed by atoms with Crippen LogP contribution in [0.3, 0.4) is 0 Å². The number of sulfonamides is 1. The molecule has 1 aliphatic rings. The second-order valence-electron chi connectivity index (χ2n) is 5.16. The van der Waals surface area contributed by atoms with E-state index in [-0.39, 0.29) is 23.5 Å². The number of aromatic nitrogens is 2. The first-order chi connectivity index (χ1) is 11.3. The molecule has 134 valence electrons. The van der Waals surface area contributed by atoms with Crippen LogP contribution < -0.4 is 5.32 Å². The summed E-state index contributed by atoms with van der Waals surface area (Å²) in [5.74, 6) is -0.677. The van der Waals surface area contributed by atoms with Crippen LogP contribution >= 0.6 is 23.1 Å². The maximum absolute atomic E-state index is 12.2. The average molecular weight is 395 g/mol. The number of methoxy groups -OCH3 is 1. The van der Waals surface area contributed by atoms with E-state index in [1.165, 1.54) is 40.8 Å². The van der Waals surface area contributed by atoms with E-state index in [4.69, 9.17) is 0 Å². The summed E-state index contributed by atoms with van der Waals surface area (Å²) in [5.41, 5.74) is 0. The second kappa shape index (κ2) is 8.23. The number of esters is 1. The second-order valence-corrected chi connectivity index (χ2v) is 9.35. The lowest BCUT2D eigenvalue weighted by Crippen LogP contribution is -2.40. The third-order valence-corrected chi connectivity index (χ3v) is 6.72. The van der Waals surface area contributed by atoms with Crippen molar-refractivity contribution in [3.8, 4) is 0 Å². The molecule has 12 heteroatoms. The van der Waals surface area contributed by atoms with Gasteiger partial charge in [0.25, 0.3) is 0 Å². The van der Waals surface area contributed by atoms with E-state index in [2.05, 4.69) is 20.3 Å². The predicted octanol–water partition coefficient (Wildman–Crippen LogP) is 0.413. The SMILES string of the molecule is COC(=O)CSc1nnc(NC(=O)C2CCN(S(C)(=O)=O)CC2)s1. The first kappa shape index (κ1) is 19.1. The van der Waals surface area contributed by atoms with Gasteiger partial charge in [0.2, 0.25) is 21.1 Å². The van der Waals surface area contributed by atoms with Crippen molar-refractivity contribution in [3.05, 3.63) is 0 Å². The number of hydrogen-bond donors (Lipinski definition) is 1. The molecule has 1 amide bonds. The molecule has 0 saturated carbocycles. The highest BCUT2D eigenvalue weighted by atomic mass is 32.2. The first-order valence-corrected chi connectivity index (χ1v) is 10.7. The molecular weight excluding hydrogens is 376 g/mol. The first-order valence-electron chi connectivity index (χ1n) is 7.08. The Morgan fingerprint density at radius 2 is 2.04 bits per heavy atom. The van der Waals surface area contributed by atoms with Crippen molar-refractivity contribution >= 4 is 50.1 Å². The van der Waals surface area contributed by atoms with Crippen LogP contribution in [0.15, 0.2) is 4.34 Å². The maximum atomic E-state index is 12.2. The Labute approximate surface area is 148 Å². The van der Waals surface area contributed by atoms with Crippen LogP contribution in [-0.4, -0.2) is 67.0 Å². The molecule has 0 unspecified atom stereocenters. The van der Waals surface area contributed by atoms with Crippen molar-refractivity contribution in [1.29, 1.82) is 0 Å². The zero-order valence-electron chi connectivity index (χ0n) is 13.2. The van der Waals surface area contributed by atoms with Crippen LogP contribution in [0.4, 0.5) is 5.13 Å². The number of amides is 1. The topological polar surface area (TPSA) is 119 Å². The number of carbonyl (C=O) groups excluding carboxylic acids is 2. The monoisotopic (exact) mass is 394 g/mol. The van der Waals surface area contributed by atoms with Gasteiger partial charge in [-0.25, -0.2) is 12.7 Å². The van der Waals surface area contributed by atoms with E-state index in [9.17, 15) is 18.0 Å². The summed E-state index contributed by atoms with van der Waals surface area (Å²) in [7, 11) is -1.90. The van der Waals surface area contributed by atoms with Crippen LogP contribution in [-0.2, 0) is 24.3 Å². The smallest absolute Gasteiger partial charge is 0.316 e. The Kier molecular flexibility index (Phi) is 6.54. The van der Waals surface area contributed by atoms with E-state index < -0.39 is 10.0 Å². The number of ether oxygens (including phenoxy) is 1. The van der Waals surface area contributed by atoms with Crippen molar-refractivity contribution in [2.75, 3.05) is 37.5 Å². The van der Waals surface area contributed by atoms with Crippen LogP contribution in [0.5, 0.6) is 0 Å². The molecule has 0 bridgehead atoms. The number of nitrogens with zero attached hydrogens (tertiary/aromatic N) is 3. The largest absolute Gasteiger partial charge is 0.468 e. The van der Waals surface area contributed by atoms with Gasteiger partial charge in [-0.05, 0) is 12.8 Å². The lowest BCUT2D eigenvalue weighted by atomic mass is 9.97. The fourth-order valence-electron chi connectivity index (χ4n) is 2.16. The zero-order valence-corrected chi connectivity index (χ0v) is 15.7. The van der Waals surface area contributed by atoms with Crippen LogP contribution in [0.2, 0.25) is 0 Å². The minimum atomic E-state index is -3.21. The Hall–Kier alpha value is -1.24. The Bertz CT molecular complexity index is 697. The molecule has 1 N–H and O–H groups in total. The molecular formula is C12H18N4O5S3. The number of piperidine rings is 1. The minimum absolute atomic E-state index is 0.128. The molecule has 1 aliphatic heterocycles. The van der Waals surface area contributed by atoms with E-state index in [0.29, 0.717) is 35.4 Å². The summed E-state index contributed by atoms with van der Waals surface area (Å²) in [6, 6.07) is 0. The predicted molar refractivity (Wildman–Crippen MR) is 90.4 cm³/mol. The minimum Gasteiger partial charge on any atom is -0.468 e. The maximum Gasteiger partial charge on any atom is 0.316 e. The van der Waals surface area contributed by atoms with E-state index in [1.807, 2.05) is 0 Å². The number of thioether (sulfide) groups is 1. The summed E-state index contributed by atoms with van der Waals surface area (Å²) in [4.78, 5) is 23.3. The number of nitrogens with one attached hydrogen (secondary N) is 1. The standard InChI is InChI=1S/C12H18N4O5S3/c1-21-9(17)7-22-12-15-14-11(23-12)13-10(18)8-3-5-16(6-4-8)24(2,19)20/h8H,3-7H2,1-2H3,(H,13,14,18). The molecule has 0 atom stereocenters. The highest BCUT2D eigenvalue weighted by Crippen LogP contribution is 2.27. The number of rotatable bonds is 6. The van der Waals surface area contributed by atoms with Gasteiger partial charge < -0.3 is 10.1 Å². The molecule has 9 nitrogen and oxygen atoms in total. The van der Waals surface area contributed by atoms with Gasteiger partial charge in [0.05, 0.1) is 19.1 Å². The third kappa shape index (κ3) is 5.40. The molecule has 2 heterocycles. The molecule has 1 aromatic heterocycles. The lowest BCUT2D eigenvalue weighted by Gasteiger charge is -2.29. The third-order valence-electron chi connectivity index (χ3n) is 3.47. The molecule has 24 heavy (non-hydrogen) atoms. The van der Waals surface area contributed by atoms with E-state index in [1.54, 1.807) is 0 Å². The van der Waals surface area contributed by atoms with Gasteiger partial charge in [0, 0.05) is 19.0 Å². The summed E-state index contributed by atoms with van der Waals surface area (Å²) < 4.78 is 29.4. The molecule has 1 aromatic rings. The highest BCUT2D eigenvalue weighted by Gasteiger charge is 2.29. The molecule has 0 aromatic carbocycles. The Morgan fingerprint density at radius 3 is 2.62 bits per heavy atom. The summed E-state index contributed by atoms with van der Waals surface area (Å²) in [6.07, 6.45) is 2.12. The van der Waals surface area contributed by atoms with Crippen LogP contribution in [0.25, 0.3) is 0 Å². The van der Waals surface area contributed by atoms with Gasteiger partial charge in [-0.15, -0.1) is 10.2 Å². The van der Waals surface area contributed by atoms with Gasteiger partial charge in [0.1, 0.15) is 0 Å². The van der Waals surface area contributed by atoms with Crippen LogP contribution in [0.1, 0.15) is 12.8 Å². The van der Waals surface area contributed by atoms with Crippen molar-refractivity contribution in [2.45, 2.75) is 17.2 Å². The van der Waals surface area contributed by atoms with Crippen LogP contribution in [0, 0.1) is 5.92 Å². The normalized spacial score (nSPS) is 16.8. The highest BCUT2D eigenvalue weighted by molar-refractivity contribution is 8.01. The van der Waals surface area contributed by atoms with Crippen molar-refractivity contribution in [3.63, 3.8) is 0 Å². The van der Waals surface area contributed by atoms with Gasteiger partial charge in [-0.3, -0.25) is 9.59 Å². The van der Waals surface area contributed by atoms with Crippen molar-refractivity contribution < 1.29 is 22.7 Å². The lowest BCUT2D eigenvalue weighted by molar-refractivity contribution is -0.137. The summed E-state index contributed by atoms with van der Waals surface area (Å²) in [6.45, 7) is 0.681. The Morgan fingerprint density at radius 1 is 1.38 bits per heavy atom. The van der Waals surface area contributed by atoms with Gasteiger partial charge in [0.15, 0.2) is 4.34 Å². The molecule has 0 aliphatic carbocycles. The molecule has 0 spiro atoms. The fourth-order valence-corrected chi connectivity index (χ4v) is 4.62. The number of hydrogen-bond acceptors (Lipinski definition) is 9. The van der Waals surface area contributed by atoms with E-state index >= 15 is 0 Å². The van der Waals surface area contributed by atoms with Gasteiger partial charge in [-0.2, -0.15) is 0 Å². The molecule has 1 saturated heterocycles. The van der Waals surface area contributed by atoms with Crippen molar-refractivity contribution in [2.24, 2.45) is 5.92 Å². The Balaban J connectivity index is 1.83. The molecule has 0 radical (unpaired) electrons. The summed E-state index contributed by atoms with van der Waals surface area (Å²) in [5, 5.41) is 10.8. The molecule has 2 rings (SSSR count). The van der Waals surface area contributed by atoms with Gasteiger partial charge in [-0.1, -0.05) is 23.1 Å². The zero-order chi connectivity index (χ0) is 17.7. The fraction of sp³-hybridized carbons (Fsp3) is 0.667.